The highest BCUT2D eigenvalue weighted by molar-refractivity contribution is 6.29. The van der Waals surface area contributed by atoms with Crippen LogP contribution >= 0.6 is 11.6 Å². The molecule has 0 bridgehead atoms. The van der Waals surface area contributed by atoms with Gasteiger partial charge in [-0.2, -0.15) is 5.26 Å². The van der Waals surface area contributed by atoms with E-state index >= 15 is 0 Å². The monoisotopic (exact) mass is 224 g/mol. The van der Waals surface area contributed by atoms with Crippen LogP contribution in [0, 0.1) is 11.3 Å². The number of amides is 1. The van der Waals surface area contributed by atoms with Crippen molar-refractivity contribution >= 4 is 17.5 Å². The summed E-state index contributed by atoms with van der Waals surface area (Å²) in [6.45, 7) is 3.18. The minimum atomic E-state index is -0.932. The van der Waals surface area contributed by atoms with Crippen molar-refractivity contribution < 1.29 is 4.79 Å². The minimum Gasteiger partial charge on any atom is -0.333 e. The third-order valence-corrected chi connectivity index (χ3v) is 1.77. The van der Waals surface area contributed by atoms with Crippen LogP contribution in [0.1, 0.15) is 24.3 Å². The van der Waals surface area contributed by atoms with E-state index in [2.05, 4.69) is 15.5 Å². The van der Waals surface area contributed by atoms with Crippen molar-refractivity contribution in [1.29, 1.82) is 5.26 Å². The zero-order chi connectivity index (χ0) is 11.5. The van der Waals surface area contributed by atoms with Crippen LogP contribution in [0.3, 0.4) is 0 Å². The van der Waals surface area contributed by atoms with Gasteiger partial charge in [0.25, 0.3) is 5.91 Å². The Bertz CT molecular complexity index is 407. The lowest BCUT2D eigenvalue weighted by Crippen LogP contribution is -2.42. The van der Waals surface area contributed by atoms with E-state index in [9.17, 15) is 4.79 Å². The van der Waals surface area contributed by atoms with Crippen molar-refractivity contribution in [2.75, 3.05) is 0 Å². The maximum atomic E-state index is 11.5. The van der Waals surface area contributed by atoms with Gasteiger partial charge in [-0.1, -0.05) is 11.6 Å². The first-order valence-electron chi connectivity index (χ1n) is 4.17. The second kappa shape index (κ2) is 4.24. The number of halogens is 1. The van der Waals surface area contributed by atoms with E-state index in [1.54, 1.807) is 13.8 Å². The highest BCUT2D eigenvalue weighted by Crippen LogP contribution is 2.04. The number of aromatic nitrogens is 2. The van der Waals surface area contributed by atoms with Gasteiger partial charge in [-0.25, -0.2) is 0 Å². The molecule has 0 spiro atoms. The predicted molar refractivity (Wildman–Crippen MR) is 54.2 cm³/mol. The summed E-state index contributed by atoms with van der Waals surface area (Å²) in [7, 11) is 0. The number of nitrogens with one attached hydrogen (secondary N) is 1. The number of carbonyl (C=O) groups excluding carboxylic acids is 1. The molecule has 1 rings (SSSR count). The first-order chi connectivity index (χ1) is 6.94. The molecule has 0 aromatic carbocycles. The second-order valence-electron chi connectivity index (χ2n) is 3.43. The van der Waals surface area contributed by atoms with E-state index in [0.29, 0.717) is 0 Å². The molecule has 0 aliphatic carbocycles. The topological polar surface area (TPSA) is 78.7 Å². The van der Waals surface area contributed by atoms with Gasteiger partial charge in [-0.05, 0) is 26.0 Å². The largest absolute Gasteiger partial charge is 0.333 e. The second-order valence-corrected chi connectivity index (χ2v) is 3.82. The summed E-state index contributed by atoms with van der Waals surface area (Å²) in [6, 6.07) is 4.85. The molecule has 0 fully saturated rings. The third-order valence-electron chi connectivity index (χ3n) is 1.57. The number of nitrogens with zero attached hydrogens (tertiary/aromatic N) is 3. The van der Waals surface area contributed by atoms with Crippen LogP contribution in [-0.4, -0.2) is 21.6 Å². The average Bonchev–Trinajstić information content (AvgIpc) is 2.18. The van der Waals surface area contributed by atoms with Crippen molar-refractivity contribution in [2.24, 2.45) is 0 Å². The summed E-state index contributed by atoms with van der Waals surface area (Å²) in [5, 5.41) is 18.5. The minimum absolute atomic E-state index is 0.128. The molecule has 6 heteroatoms. The third kappa shape index (κ3) is 3.18. The lowest BCUT2D eigenvalue weighted by atomic mass is 10.1. The quantitative estimate of drug-likeness (QED) is 0.818. The maximum absolute atomic E-state index is 11.5. The summed E-state index contributed by atoms with van der Waals surface area (Å²) in [5.74, 6) is -0.453. The zero-order valence-electron chi connectivity index (χ0n) is 8.28. The fraction of sp³-hybridized carbons (Fsp3) is 0.333. The molecular formula is C9H9ClN4O. The van der Waals surface area contributed by atoms with Crippen molar-refractivity contribution in [3.63, 3.8) is 0 Å². The first-order valence-corrected chi connectivity index (χ1v) is 4.55. The van der Waals surface area contributed by atoms with E-state index in [4.69, 9.17) is 16.9 Å². The molecule has 0 radical (unpaired) electrons. The fourth-order valence-electron chi connectivity index (χ4n) is 0.813. The molecule has 1 heterocycles. The molecule has 0 aliphatic rings. The van der Waals surface area contributed by atoms with Gasteiger partial charge >= 0.3 is 0 Å². The Labute approximate surface area is 92.1 Å². The van der Waals surface area contributed by atoms with Crippen molar-refractivity contribution in [3.05, 3.63) is 23.0 Å². The van der Waals surface area contributed by atoms with E-state index in [0.717, 1.165) is 0 Å². The molecule has 15 heavy (non-hydrogen) atoms. The van der Waals surface area contributed by atoms with Gasteiger partial charge in [0.15, 0.2) is 10.8 Å². The van der Waals surface area contributed by atoms with Gasteiger partial charge in [-0.15, -0.1) is 10.2 Å². The Morgan fingerprint density at radius 1 is 1.53 bits per heavy atom. The Balaban J connectivity index is 2.79. The highest BCUT2D eigenvalue weighted by atomic mass is 35.5. The molecule has 1 N–H and O–H groups in total. The number of hydrogen-bond donors (Lipinski definition) is 1. The highest BCUT2D eigenvalue weighted by Gasteiger charge is 2.21. The SMILES string of the molecule is CC(C)(C#N)NC(=O)c1ccc(Cl)nn1. The van der Waals surface area contributed by atoms with Crippen LogP contribution in [0.5, 0.6) is 0 Å². The average molecular weight is 225 g/mol. The molecular weight excluding hydrogens is 216 g/mol. The first kappa shape index (κ1) is 11.4. The van der Waals surface area contributed by atoms with Crippen LogP contribution in [0.25, 0.3) is 0 Å². The molecule has 0 saturated carbocycles. The smallest absolute Gasteiger partial charge is 0.273 e. The van der Waals surface area contributed by atoms with Gasteiger partial charge in [0.2, 0.25) is 0 Å². The molecule has 0 aliphatic heterocycles. The number of hydrogen-bond acceptors (Lipinski definition) is 4. The fourth-order valence-corrected chi connectivity index (χ4v) is 0.914. The summed E-state index contributed by atoms with van der Waals surface area (Å²) in [4.78, 5) is 11.5. The standard InChI is InChI=1S/C9H9ClN4O/c1-9(2,5-11)12-8(15)6-3-4-7(10)14-13-6/h3-4H,1-2H3,(H,12,15). The molecule has 0 unspecified atom stereocenters. The molecule has 78 valence electrons. The summed E-state index contributed by atoms with van der Waals surface area (Å²) in [5.41, 5.74) is -0.805. The van der Waals surface area contributed by atoms with Crippen LogP contribution in [-0.2, 0) is 0 Å². The van der Waals surface area contributed by atoms with E-state index < -0.39 is 11.4 Å². The van der Waals surface area contributed by atoms with Gasteiger partial charge in [0.1, 0.15) is 5.54 Å². The van der Waals surface area contributed by atoms with Crippen molar-refractivity contribution in [1.82, 2.24) is 15.5 Å². The molecule has 1 aromatic rings. The van der Waals surface area contributed by atoms with Crippen LogP contribution < -0.4 is 5.32 Å². The van der Waals surface area contributed by atoms with Crippen LogP contribution in [0.4, 0.5) is 0 Å². The Morgan fingerprint density at radius 2 is 2.20 bits per heavy atom. The Morgan fingerprint density at radius 3 is 2.67 bits per heavy atom. The van der Waals surface area contributed by atoms with Gasteiger partial charge in [-0.3, -0.25) is 4.79 Å². The van der Waals surface area contributed by atoms with E-state index in [-0.39, 0.29) is 10.8 Å². The van der Waals surface area contributed by atoms with Gasteiger partial charge in [0.05, 0.1) is 6.07 Å². The molecule has 1 amide bonds. The molecule has 1 aromatic heterocycles. The van der Waals surface area contributed by atoms with Crippen molar-refractivity contribution in [2.45, 2.75) is 19.4 Å². The lowest BCUT2D eigenvalue weighted by molar-refractivity contribution is 0.0923. The molecule has 5 nitrogen and oxygen atoms in total. The molecule has 0 saturated heterocycles. The van der Waals surface area contributed by atoms with Crippen LogP contribution in [0.2, 0.25) is 5.15 Å². The maximum Gasteiger partial charge on any atom is 0.273 e. The summed E-state index contributed by atoms with van der Waals surface area (Å²) < 4.78 is 0. The summed E-state index contributed by atoms with van der Waals surface area (Å²) in [6.07, 6.45) is 0. The number of carbonyl (C=O) groups is 1. The van der Waals surface area contributed by atoms with E-state index in [1.165, 1.54) is 12.1 Å². The van der Waals surface area contributed by atoms with Gasteiger partial charge < -0.3 is 5.32 Å². The van der Waals surface area contributed by atoms with E-state index in [1.807, 2.05) is 6.07 Å². The number of nitriles is 1. The summed E-state index contributed by atoms with van der Waals surface area (Å²) >= 11 is 5.52. The lowest BCUT2D eigenvalue weighted by Gasteiger charge is -2.16. The van der Waals surface area contributed by atoms with Gasteiger partial charge in [0, 0.05) is 0 Å². The Kier molecular flexibility index (Phi) is 3.22. The van der Waals surface area contributed by atoms with Crippen molar-refractivity contribution in [3.8, 4) is 6.07 Å². The molecule has 0 atom stereocenters. The normalized spacial score (nSPS) is 10.5. The zero-order valence-corrected chi connectivity index (χ0v) is 9.04. The number of rotatable bonds is 2. The predicted octanol–water partition coefficient (Wildman–Crippen LogP) is 1.16. The van der Waals surface area contributed by atoms with Crippen LogP contribution in [0.15, 0.2) is 12.1 Å². The Hall–Kier alpha value is -1.67.